The van der Waals surface area contributed by atoms with Crippen molar-refractivity contribution in [3.63, 3.8) is 0 Å². The Balaban J connectivity index is 1.53. The van der Waals surface area contributed by atoms with Crippen LogP contribution in [0.25, 0.3) is 0 Å². The number of aryl methyl sites for hydroxylation is 1. The van der Waals surface area contributed by atoms with E-state index >= 15 is 0 Å². The number of furan rings is 1. The lowest BCUT2D eigenvalue weighted by Gasteiger charge is -2.39. The van der Waals surface area contributed by atoms with Gasteiger partial charge in [0.15, 0.2) is 0 Å². The Morgan fingerprint density at radius 2 is 1.93 bits per heavy atom. The zero-order chi connectivity index (χ0) is 19.3. The van der Waals surface area contributed by atoms with Gasteiger partial charge in [-0.3, -0.25) is 4.79 Å². The molecule has 27 heavy (non-hydrogen) atoms. The number of urea groups is 1. The molecule has 144 valence electrons. The molecule has 1 aliphatic rings. The molecule has 1 aromatic carbocycles. The summed E-state index contributed by atoms with van der Waals surface area (Å²) in [7, 11) is 0. The lowest BCUT2D eigenvalue weighted by molar-refractivity contribution is -0.132. The number of hydrogen-bond donors (Lipinski definition) is 2. The average molecular weight is 369 g/mol. The molecule has 2 aromatic rings. The Bertz CT molecular complexity index is 770. The van der Waals surface area contributed by atoms with Crippen LogP contribution in [0.1, 0.15) is 36.7 Å². The Labute approximate surface area is 159 Å². The minimum Gasteiger partial charge on any atom is -0.467 e. The van der Waals surface area contributed by atoms with E-state index in [2.05, 4.69) is 10.6 Å². The van der Waals surface area contributed by atoms with Crippen molar-refractivity contribution in [1.82, 2.24) is 15.5 Å². The van der Waals surface area contributed by atoms with Gasteiger partial charge in [-0.25, -0.2) is 4.79 Å². The van der Waals surface area contributed by atoms with Crippen LogP contribution < -0.4 is 10.6 Å². The molecule has 3 amide bonds. The number of carbonyl (C=O) groups is 2. The first-order chi connectivity index (χ1) is 13.0. The first-order valence-electron chi connectivity index (χ1n) is 9.35. The van der Waals surface area contributed by atoms with E-state index in [0.29, 0.717) is 31.9 Å². The van der Waals surface area contributed by atoms with Crippen molar-refractivity contribution >= 4 is 11.9 Å². The van der Waals surface area contributed by atoms with Crippen LogP contribution >= 0.6 is 0 Å². The second kappa shape index (κ2) is 8.29. The van der Waals surface area contributed by atoms with Crippen molar-refractivity contribution in [2.75, 3.05) is 13.1 Å². The highest BCUT2D eigenvalue weighted by Gasteiger charge is 2.39. The van der Waals surface area contributed by atoms with Crippen molar-refractivity contribution in [3.8, 4) is 0 Å². The number of hydrogen-bond acceptors (Lipinski definition) is 3. The lowest BCUT2D eigenvalue weighted by Crippen LogP contribution is -2.53. The van der Waals surface area contributed by atoms with Gasteiger partial charge >= 0.3 is 6.03 Å². The molecule has 0 saturated carbocycles. The number of nitrogens with zero attached hydrogens (tertiary/aromatic N) is 1. The normalized spacial score (nSPS) is 19.6. The molecule has 0 unspecified atom stereocenters. The van der Waals surface area contributed by atoms with Crippen LogP contribution in [0.15, 0.2) is 47.1 Å². The van der Waals surface area contributed by atoms with E-state index in [1.807, 2.05) is 44.2 Å². The van der Waals surface area contributed by atoms with Gasteiger partial charge in [-0.2, -0.15) is 0 Å². The van der Waals surface area contributed by atoms with Gasteiger partial charge < -0.3 is 20.0 Å². The molecule has 0 aliphatic carbocycles. The molecule has 1 atom stereocenters. The zero-order valence-electron chi connectivity index (χ0n) is 16.0. The van der Waals surface area contributed by atoms with E-state index in [1.54, 1.807) is 17.2 Å². The van der Waals surface area contributed by atoms with Gasteiger partial charge in [-0.05, 0) is 44.4 Å². The summed E-state index contributed by atoms with van der Waals surface area (Å²) in [5.74, 6) is 0.700. The van der Waals surface area contributed by atoms with Crippen molar-refractivity contribution in [2.45, 2.75) is 39.8 Å². The molecular weight excluding hydrogens is 342 g/mol. The second-order valence-electron chi connectivity index (χ2n) is 7.49. The van der Waals surface area contributed by atoms with Crippen LogP contribution in [0.5, 0.6) is 0 Å². The average Bonchev–Trinajstić information content (AvgIpc) is 3.19. The summed E-state index contributed by atoms with van der Waals surface area (Å²) in [6.45, 7) is 5.89. The Morgan fingerprint density at radius 1 is 1.15 bits per heavy atom. The van der Waals surface area contributed by atoms with Crippen LogP contribution in [-0.2, 0) is 17.9 Å². The van der Waals surface area contributed by atoms with Crippen LogP contribution in [0.4, 0.5) is 4.79 Å². The number of piperidine rings is 1. The molecule has 0 radical (unpaired) electrons. The third-order valence-corrected chi connectivity index (χ3v) is 5.10. The zero-order valence-corrected chi connectivity index (χ0v) is 16.0. The van der Waals surface area contributed by atoms with E-state index < -0.39 is 5.41 Å². The molecule has 3 rings (SSSR count). The number of carbonyl (C=O) groups excluding carboxylic acids is 2. The smallest absolute Gasteiger partial charge is 0.317 e. The molecule has 6 heteroatoms. The highest BCUT2D eigenvalue weighted by atomic mass is 16.3. The predicted molar refractivity (Wildman–Crippen MR) is 103 cm³/mol. The van der Waals surface area contributed by atoms with Crippen LogP contribution in [0.3, 0.4) is 0 Å². The summed E-state index contributed by atoms with van der Waals surface area (Å²) >= 11 is 0. The maximum atomic E-state index is 12.8. The largest absolute Gasteiger partial charge is 0.467 e. The number of amides is 3. The summed E-state index contributed by atoms with van der Waals surface area (Å²) in [5.41, 5.74) is 1.69. The monoisotopic (exact) mass is 369 g/mol. The molecule has 0 spiro atoms. The molecule has 1 aromatic heterocycles. The van der Waals surface area contributed by atoms with Crippen LogP contribution in [0, 0.1) is 12.3 Å². The molecule has 2 heterocycles. The van der Waals surface area contributed by atoms with E-state index in [0.717, 1.165) is 18.4 Å². The minimum atomic E-state index is -0.578. The lowest BCUT2D eigenvalue weighted by atomic mass is 9.81. The minimum absolute atomic E-state index is 0.00777. The third-order valence-electron chi connectivity index (χ3n) is 5.10. The third kappa shape index (κ3) is 4.90. The van der Waals surface area contributed by atoms with Gasteiger partial charge in [-0.15, -0.1) is 0 Å². The molecule has 1 fully saturated rings. The highest BCUT2D eigenvalue weighted by molar-refractivity contribution is 5.84. The predicted octanol–water partition coefficient (Wildman–Crippen LogP) is 3.22. The fraction of sp³-hybridized carbons (Fsp3) is 0.429. The topological polar surface area (TPSA) is 74.6 Å². The van der Waals surface area contributed by atoms with Gasteiger partial charge in [0.25, 0.3) is 0 Å². The van der Waals surface area contributed by atoms with Gasteiger partial charge in [0, 0.05) is 19.6 Å². The maximum Gasteiger partial charge on any atom is 0.317 e. The van der Waals surface area contributed by atoms with Crippen molar-refractivity contribution in [3.05, 3.63) is 59.5 Å². The second-order valence-corrected chi connectivity index (χ2v) is 7.49. The summed E-state index contributed by atoms with van der Waals surface area (Å²) < 4.78 is 5.23. The molecule has 2 N–H and O–H groups in total. The number of likely N-dealkylation sites (tertiary alicyclic amines) is 1. The van der Waals surface area contributed by atoms with E-state index in [1.165, 1.54) is 5.56 Å². The van der Waals surface area contributed by atoms with E-state index in [-0.39, 0.29) is 11.9 Å². The van der Waals surface area contributed by atoms with Crippen molar-refractivity contribution in [1.29, 1.82) is 0 Å². The summed E-state index contributed by atoms with van der Waals surface area (Å²) in [6.07, 6.45) is 3.16. The first kappa shape index (κ1) is 19.0. The molecule has 1 saturated heterocycles. The Morgan fingerprint density at radius 3 is 2.63 bits per heavy atom. The SMILES string of the molecule is Cc1ccc(CNC(=O)[C@@]2(C)CCCN(C(=O)NCc3ccco3)C2)cc1. The molecule has 0 bridgehead atoms. The van der Waals surface area contributed by atoms with Gasteiger partial charge in [0.2, 0.25) is 5.91 Å². The maximum absolute atomic E-state index is 12.8. The highest BCUT2D eigenvalue weighted by Crippen LogP contribution is 2.30. The molecule has 1 aliphatic heterocycles. The quantitative estimate of drug-likeness (QED) is 0.850. The van der Waals surface area contributed by atoms with Gasteiger partial charge in [0.1, 0.15) is 5.76 Å². The number of nitrogens with one attached hydrogen (secondary N) is 2. The standard InChI is InChI=1S/C21H27N3O3/c1-16-6-8-17(9-7-16)13-22-19(25)21(2)10-4-11-24(15-21)20(26)23-14-18-5-3-12-27-18/h3,5-9,12H,4,10-11,13-15H2,1-2H3,(H,22,25)(H,23,26)/t21-/m0/s1. The van der Waals surface area contributed by atoms with Crippen LogP contribution in [-0.4, -0.2) is 29.9 Å². The molecular formula is C21H27N3O3. The van der Waals surface area contributed by atoms with Crippen molar-refractivity contribution < 1.29 is 14.0 Å². The first-order valence-corrected chi connectivity index (χ1v) is 9.35. The molecule has 6 nitrogen and oxygen atoms in total. The summed E-state index contributed by atoms with van der Waals surface area (Å²) in [6, 6.07) is 11.6. The summed E-state index contributed by atoms with van der Waals surface area (Å²) in [5, 5.41) is 5.89. The van der Waals surface area contributed by atoms with E-state index in [4.69, 9.17) is 4.42 Å². The number of rotatable bonds is 5. The van der Waals surface area contributed by atoms with Gasteiger partial charge in [0.05, 0.1) is 18.2 Å². The Kier molecular flexibility index (Phi) is 5.84. The fourth-order valence-corrected chi connectivity index (χ4v) is 3.39. The van der Waals surface area contributed by atoms with E-state index in [9.17, 15) is 9.59 Å². The Hall–Kier alpha value is -2.76. The van der Waals surface area contributed by atoms with Crippen molar-refractivity contribution in [2.24, 2.45) is 5.41 Å². The van der Waals surface area contributed by atoms with Crippen LogP contribution in [0.2, 0.25) is 0 Å². The number of benzene rings is 1. The summed E-state index contributed by atoms with van der Waals surface area (Å²) in [4.78, 5) is 27.0. The fourth-order valence-electron chi connectivity index (χ4n) is 3.39. The van der Waals surface area contributed by atoms with Gasteiger partial charge in [-0.1, -0.05) is 29.8 Å².